The van der Waals surface area contributed by atoms with Gasteiger partial charge in [-0.15, -0.1) is 0 Å². The lowest BCUT2D eigenvalue weighted by molar-refractivity contribution is -0.114. The molecule has 3 aromatic rings. The van der Waals surface area contributed by atoms with E-state index in [1.807, 2.05) is 12.1 Å². The molecule has 0 fully saturated rings. The summed E-state index contributed by atoms with van der Waals surface area (Å²) >= 11 is 12.0. The predicted octanol–water partition coefficient (Wildman–Crippen LogP) is 5.95. The summed E-state index contributed by atoms with van der Waals surface area (Å²) in [6, 6.07) is 19.8. The number of benzene rings is 3. The molecule has 5 nitrogen and oxygen atoms in total. The van der Waals surface area contributed by atoms with Gasteiger partial charge in [0.15, 0.2) is 0 Å². The molecule has 3 rings (SSSR count). The quantitative estimate of drug-likeness (QED) is 0.457. The first-order valence-corrected chi connectivity index (χ1v) is 11.8. The average molecular weight is 477 g/mol. The van der Waals surface area contributed by atoms with Gasteiger partial charge >= 0.3 is 0 Å². The lowest BCUT2D eigenvalue weighted by atomic mass is 10.0. The second-order valence-corrected chi connectivity index (χ2v) is 10.0. The Balaban J connectivity index is 1.94. The van der Waals surface area contributed by atoms with Crippen LogP contribution in [0.1, 0.15) is 25.3 Å². The van der Waals surface area contributed by atoms with E-state index in [-0.39, 0.29) is 4.90 Å². The van der Waals surface area contributed by atoms with Gasteiger partial charge in [-0.25, -0.2) is 8.42 Å². The fourth-order valence-corrected chi connectivity index (χ4v) is 4.99. The van der Waals surface area contributed by atoms with Crippen LogP contribution in [-0.4, -0.2) is 20.9 Å². The Kier molecular flexibility index (Phi) is 7.26. The molecule has 8 heteroatoms. The third-order valence-corrected chi connectivity index (χ3v) is 6.84. The lowest BCUT2D eigenvalue weighted by Crippen LogP contribution is -2.38. The van der Waals surface area contributed by atoms with Gasteiger partial charge in [-0.1, -0.05) is 67.4 Å². The Bertz CT molecular complexity index is 1140. The number of nitrogens with zero attached hydrogens (tertiary/aromatic N) is 1. The van der Waals surface area contributed by atoms with E-state index in [9.17, 15) is 13.2 Å². The van der Waals surface area contributed by atoms with Gasteiger partial charge in [0.1, 0.15) is 6.54 Å². The smallest absolute Gasteiger partial charge is 0.264 e. The van der Waals surface area contributed by atoms with Gasteiger partial charge in [0.25, 0.3) is 10.0 Å². The van der Waals surface area contributed by atoms with Crippen molar-refractivity contribution in [3.8, 4) is 0 Å². The van der Waals surface area contributed by atoms with Crippen LogP contribution in [0.3, 0.4) is 0 Å². The number of sulfonamides is 1. The number of hydrogen-bond acceptors (Lipinski definition) is 3. The van der Waals surface area contributed by atoms with E-state index >= 15 is 0 Å². The van der Waals surface area contributed by atoms with E-state index in [1.54, 1.807) is 48.5 Å². The van der Waals surface area contributed by atoms with Gasteiger partial charge in [-0.05, 0) is 53.9 Å². The highest BCUT2D eigenvalue weighted by molar-refractivity contribution is 7.92. The molecule has 162 valence electrons. The monoisotopic (exact) mass is 476 g/mol. The molecule has 0 aliphatic carbocycles. The number of carbonyl (C=O) groups is 1. The molecule has 0 aliphatic heterocycles. The zero-order valence-electron chi connectivity index (χ0n) is 17.0. The van der Waals surface area contributed by atoms with E-state index in [2.05, 4.69) is 19.2 Å². The molecule has 0 unspecified atom stereocenters. The zero-order chi connectivity index (χ0) is 22.6. The maximum atomic E-state index is 13.4. The van der Waals surface area contributed by atoms with Crippen LogP contribution in [0.15, 0.2) is 77.7 Å². The Morgan fingerprint density at radius 2 is 1.52 bits per heavy atom. The SMILES string of the molecule is CC(C)c1ccc(N(CC(=O)Nc2cc(Cl)cc(Cl)c2)S(=O)(=O)c2ccccc2)cc1. The van der Waals surface area contributed by atoms with Crippen molar-refractivity contribution in [1.29, 1.82) is 0 Å². The van der Waals surface area contributed by atoms with Gasteiger partial charge in [0, 0.05) is 15.7 Å². The summed E-state index contributed by atoms with van der Waals surface area (Å²) in [4.78, 5) is 12.9. The Morgan fingerprint density at radius 1 is 0.935 bits per heavy atom. The van der Waals surface area contributed by atoms with Crippen molar-refractivity contribution in [3.63, 3.8) is 0 Å². The number of amides is 1. The highest BCUT2D eigenvalue weighted by Crippen LogP contribution is 2.27. The lowest BCUT2D eigenvalue weighted by Gasteiger charge is -2.24. The molecule has 0 aromatic heterocycles. The standard InChI is InChI=1S/C23H22Cl2N2O3S/c1-16(2)17-8-10-21(11-9-17)27(31(29,30)22-6-4-3-5-7-22)15-23(28)26-20-13-18(24)12-19(25)14-20/h3-14,16H,15H2,1-2H3,(H,26,28). The summed E-state index contributed by atoms with van der Waals surface area (Å²) in [6.07, 6.45) is 0. The molecule has 0 atom stereocenters. The molecule has 0 bridgehead atoms. The molecule has 31 heavy (non-hydrogen) atoms. The number of hydrogen-bond donors (Lipinski definition) is 1. The van der Waals surface area contributed by atoms with E-state index < -0.39 is 22.5 Å². The van der Waals surface area contributed by atoms with Crippen LogP contribution in [0.5, 0.6) is 0 Å². The molecule has 0 aliphatic rings. The molecule has 0 saturated carbocycles. The van der Waals surface area contributed by atoms with E-state index in [4.69, 9.17) is 23.2 Å². The fourth-order valence-electron chi connectivity index (χ4n) is 3.02. The van der Waals surface area contributed by atoms with Crippen molar-refractivity contribution in [2.45, 2.75) is 24.7 Å². The predicted molar refractivity (Wildman–Crippen MR) is 127 cm³/mol. The maximum absolute atomic E-state index is 13.4. The second-order valence-electron chi connectivity index (χ2n) is 7.28. The summed E-state index contributed by atoms with van der Waals surface area (Å²) in [7, 11) is -3.97. The minimum atomic E-state index is -3.97. The molecule has 0 radical (unpaired) electrons. The van der Waals surface area contributed by atoms with Gasteiger partial charge in [-0.2, -0.15) is 0 Å². The number of nitrogens with one attached hydrogen (secondary N) is 1. The first-order chi connectivity index (χ1) is 14.7. The fraction of sp³-hybridized carbons (Fsp3) is 0.174. The summed E-state index contributed by atoms with van der Waals surface area (Å²) in [5.41, 5.74) is 1.85. The van der Waals surface area contributed by atoms with Crippen molar-refractivity contribution >= 4 is 50.5 Å². The van der Waals surface area contributed by atoms with Crippen LogP contribution < -0.4 is 9.62 Å². The van der Waals surface area contributed by atoms with Gasteiger partial charge in [-0.3, -0.25) is 9.10 Å². The second kappa shape index (κ2) is 9.73. The molecule has 0 saturated heterocycles. The van der Waals surface area contributed by atoms with E-state index in [0.29, 0.717) is 27.3 Å². The first-order valence-electron chi connectivity index (χ1n) is 9.60. The summed E-state index contributed by atoms with van der Waals surface area (Å²) < 4.78 is 27.8. The highest BCUT2D eigenvalue weighted by Gasteiger charge is 2.27. The van der Waals surface area contributed by atoms with Gasteiger partial charge < -0.3 is 5.32 Å². The molecule has 1 N–H and O–H groups in total. The van der Waals surface area contributed by atoms with Gasteiger partial charge in [0.05, 0.1) is 10.6 Å². The summed E-state index contributed by atoms with van der Waals surface area (Å²) in [5, 5.41) is 3.39. The van der Waals surface area contributed by atoms with Gasteiger partial charge in [0.2, 0.25) is 5.91 Å². The number of rotatable bonds is 7. The number of halogens is 2. The molecule has 0 spiro atoms. The van der Waals surface area contributed by atoms with E-state index in [0.717, 1.165) is 9.87 Å². The topological polar surface area (TPSA) is 66.5 Å². The Labute approximate surface area is 192 Å². The highest BCUT2D eigenvalue weighted by atomic mass is 35.5. The van der Waals surface area contributed by atoms with Crippen LogP contribution in [0.4, 0.5) is 11.4 Å². The molecule has 0 heterocycles. The minimum Gasteiger partial charge on any atom is -0.324 e. The minimum absolute atomic E-state index is 0.0986. The largest absolute Gasteiger partial charge is 0.324 e. The van der Waals surface area contributed by atoms with Crippen molar-refractivity contribution in [1.82, 2.24) is 0 Å². The van der Waals surface area contributed by atoms with Crippen molar-refractivity contribution in [2.24, 2.45) is 0 Å². The van der Waals surface area contributed by atoms with Crippen LogP contribution in [0.2, 0.25) is 10.0 Å². The van der Waals surface area contributed by atoms with Crippen LogP contribution in [0, 0.1) is 0 Å². The Hall–Kier alpha value is -2.54. The molecular formula is C23H22Cl2N2O3S. The zero-order valence-corrected chi connectivity index (χ0v) is 19.4. The Morgan fingerprint density at radius 3 is 2.06 bits per heavy atom. The third kappa shape index (κ3) is 5.79. The van der Waals surface area contributed by atoms with Crippen molar-refractivity contribution in [3.05, 3.63) is 88.4 Å². The molecule has 3 aromatic carbocycles. The average Bonchev–Trinajstić information content (AvgIpc) is 2.72. The van der Waals surface area contributed by atoms with Crippen LogP contribution in [0.25, 0.3) is 0 Å². The summed E-state index contributed by atoms with van der Waals surface area (Å²) in [6.45, 7) is 3.69. The third-order valence-electron chi connectivity index (χ3n) is 4.61. The molecular weight excluding hydrogens is 455 g/mol. The summed E-state index contributed by atoms with van der Waals surface area (Å²) in [5.74, 6) is -0.227. The maximum Gasteiger partial charge on any atom is 0.264 e. The van der Waals surface area contributed by atoms with Crippen LogP contribution in [-0.2, 0) is 14.8 Å². The molecule has 1 amide bonds. The number of carbonyl (C=O) groups excluding carboxylic acids is 1. The number of anilines is 2. The van der Waals surface area contributed by atoms with E-state index in [1.165, 1.54) is 12.1 Å². The van der Waals surface area contributed by atoms with Crippen molar-refractivity contribution in [2.75, 3.05) is 16.2 Å². The first kappa shape index (κ1) is 23.1. The normalized spacial score (nSPS) is 11.4. The van der Waals surface area contributed by atoms with Crippen molar-refractivity contribution < 1.29 is 13.2 Å². The van der Waals surface area contributed by atoms with Crippen LogP contribution >= 0.6 is 23.2 Å².